The molecule has 3 aromatic heterocycles. The highest BCUT2D eigenvalue weighted by atomic mass is 16.5. The van der Waals surface area contributed by atoms with Crippen LogP contribution in [0.4, 0.5) is 5.82 Å². The summed E-state index contributed by atoms with van der Waals surface area (Å²) < 4.78 is 13.7. The topological polar surface area (TPSA) is 65.3 Å². The predicted octanol–water partition coefficient (Wildman–Crippen LogP) is 4.29. The SMILES string of the molecule is CC1COCCN1c1cc(C2CC2)c2ccnc(-c3ccnn3C3CCCCO3)c2n1. The van der Waals surface area contributed by atoms with Gasteiger partial charge in [-0.2, -0.15) is 5.10 Å². The van der Waals surface area contributed by atoms with Crippen molar-refractivity contribution in [1.82, 2.24) is 19.7 Å². The standard InChI is InChI=1S/C24H29N5O2/c1-16-15-30-13-11-28(16)21-14-19(17-5-6-17)18-7-9-25-24(23(18)27-21)20-8-10-26-29(20)22-4-2-3-12-31-22/h7-10,14,16-17,22H,2-6,11-13,15H2,1H3. The molecule has 3 aliphatic rings. The van der Waals surface area contributed by atoms with Gasteiger partial charge in [0.05, 0.1) is 24.9 Å². The molecule has 0 bridgehead atoms. The molecule has 2 aliphatic heterocycles. The normalized spacial score (nSPS) is 24.6. The molecule has 1 aliphatic carbocycles. The van der Waals surface area contributed by atoms with E-state index in [-0.39, 0.29) is 6.23 Å². The van der Waals surface area contributed by atoms with E-state index in [1.165, 1.54) is 23.8 Å². The van der Waals surface area contributed by atoms with Gasteiger partial charge in [-0.25, -0.2) is 9.67 Å². The van der Waals surface area contributed by atoms with E-state index in [1.54, 1.807) is 0 Å². The molecule has 31 heavy (non-hydrogen) atoms. The number of ether oxygens (including phenoxy) is 2. The average molecular weight is 420 g/mol. The van der Waals surface area contributed by atoms with E-state index in [1.807, 2.05) is 23.1 Å². The average Bonchev–Trinajstić information content (AvgIpc) is 3.55. The molecule has 3 fully saturated rings. The third kappa shape index (κ3) is 3.49. The Morgan fingerprint density at radius 2 is 2.00 bits per heavy atom. The third-order valence-corrected chi connectivity index (χ3v) is 6.77. The first-order valence-electron chi connectivity index (χ1n) is 11.6. The molecule has 0 N–H and O–H groups in total. The van der Waals surface area contributed by atoms with Crippen molar-refractivity contribution in [3.05, 3.63) is 36.2 Å². The maximum atomic E-state index is 6.03. The second kappa shape index (κ2) is 7.88. The molecule has 2 unspecified atom stereocenters. The lowest BCUT2D eigenvalue weighted by Gasteiger charge is -2.34. The van der Waals surface area contributed by atoms with Crippen molar-refractivity contribution in [3.8, 4) is 11.4 Å². The molecule has 2 atom stereocenters. The number of aromatic nitrogens is 4. The Balaban J connectivity index is 1.51. The van der Waals surface area contributed by atoms with E-state index in [4.69, 9.17) is 19.4 Å². The van der Waals surface area contributed by atoms with E-state index < -0.39 is 0 Å². The Morgan fingerprint density at radius 1 is 1.06 bits per heavy atom. The highest BCUT2D eigenvalue weighted by Crippen LogP contribution is 2.45. The molecule has 2 saturated heterocycles. The van der Waals surface area contributed by atoms with Crippen LogP contribution in [-0.2, 0) is 9.47 Å². The van der Waals surface area contributed by atoms with Crippen LogP contribution < -0.4 is 4.90 Å². The number of pyridine rings is 2. The zero-order chi connectivity index (χ0) is 20.8. The zero-order valence-electron chi connectivity index (χ0n) is 18.0. The summed E-state index contributed by atoms with van der Waals surface area (Å²) in [5.74, 6) is 1.67. The van der Waals surface area contributed by atoms with Gasteiger partial charge in [0.25, 0.3) is 0 Å². The van der Waals surface area contributed by atoms with Crippen LogP contribution in [0, 0.1) is 0 Å². The second-order valence-corrected chi connectivity index (χ2v) is 9.00. The minimum absolute atomic E-state index is 0.0267. The van der Waals surface area contributed by atoms with Crippen LogP contribution in [0.3, 0.4) is 0 Å². The summed E-state index contributed by atoms with van der Waals surface area (Å²) in [6.45, 7) is 5.35. The van der Waals surface area contributed by atoms with Gasteiger partial charge in [-0.3, -0.25) is 4.98 Å². The van der Waals surface area contributed by atoms with Crippen molar-refractivity contribution in [2.45, 2.75) is 57.2 Å². The van der Waals surface area contributed by atoms with Gasteiger partial charge in [0.15, 0.2) is 6.23 Å². The first kappa shape index (κ1) is 19.2. The Kier molecular flexibility index (Phi) is 4.88. The molecule has 0 spiro atoms. The number of morpholine rings is 1. The van der Waals surface area contributed by atoms with Crippen molar-refractivity contribution in [2.75, 3.05) is 31.3 Å². The molecular formula is C24H29N5O2. The van der Waals surface area contributed by atoms with Gasteiger partial charge in [0.1, 0.15) is 17.0 Å². The summed E-state index contributed by atoms with van der Waals surface area (Å²) in [7, 11) is 0. The zero-order valence-corrected chi connectivity index (χ0v) is 18.0. The van der Waals surface area contributed by atoms with Crippen molar-refractivity contribution in [1.29, 1.82) is 0 Å². The molecule has 6 rings (SSSR count). The van der Waals surface area contributed by atoms with Gasteiger partial charge >= 0.3 is 0 Å². The fourth-order valence-corrected chi connectivity index (χ4v) is 4.95. The van der Waals surface area contributed by atoms with Crippen molar-refractivity contribution < 1.29 is 9.47 Å². The largest absolute Gasteiger partial charge is 0.377 e. The maximum absolute atomic E-state index is 6.03. The number of hydrogen-bond acceptors (Lipinski definition) is 6. The maximum Gasteiger partial charge on any atom is 0.150 e. The molecule has 5 heterocycles. The summed E-state index contributed by atoms with van der Waals surface area (Å²) in [4.78, 5) is 12.4. The monoisotopic (exact) mass is 419 g/mol. The first-order valence-corrected chi connectivity index (χ1v) is 11.6. The fourth-order valence-electron chi connectivity index (χ4n) is 4.95. The Hall–Kier alpha value is -2.51. The molecule has 1 saturated carbocycles. The summed E-state index contributed by atoms with van der Waals surface area (Å²) in [5, 5.41) is 5.83. The van der Waals surface area contributed by atoms with Crippen LogP contribution >= 0.6 is 0 Å². The number of rotatable bonds is 4. The number of hydrogen-bond donors (Lipinski definition) is 0. The van der Waals surface area contributed by atoms with E-state index >= 15 is 0 Å². The third-order valence-electron chi connectivity index (χ3n) is 6.77. The highest BCUT2D eigenvalue weighted by Gasteiger charge is 2.30. The summed E-state index contributed by atoms with van der Waals surface area (Å²) >= 11 is 0. The van der Waals surface area contributed by atoms with Crippen molar-refractivity contribution in [3.63, 3.8) is 0 Å². The molecule has 3 aromatic rings. The van der Waals surface area contributed by atoms with E-state index in [0.717, 1.165) is 68.4 Å². The predicted molar refractivity (Wildman–Crippen MR) is 119 cm³/mol. The van der Waals surface area contributed by atoms with Gasteiger partial charge in [-0.05, 0) is 68.7 Å². The van der Waals surface area contributed by atoms with Crippen molar-refractivity contribution >= 4 is 16.7 Å². The molecule has 0 aromatic carbocycles. The number of anilines is 1. The second-order valence-electron chi connectivity index (χ2n) is 9.00. The molecular weight excluding hydrogens is 390 g/mol. The summed E-state index contributed by atoms with van der Waals surface area (Å²) in [6, 6.07) is 6.80. The van der Waals surface area contributed by atoms with E-state index in [0.29, 0.717) is 12.0 Å². The van der Waals surface area contributed by atoms with Crippen LogP contribution in [0.5, 0.6) is 0 Å². The van der Waals surface area contributed by atoms with Crippen LogP contribution in [0.15, 0.2) is 30.6 Å². The Bertz CT molecular complexity index is 1090. The van der Waals surface area contributed by atoms with Crippen LogP contribution in [0.2, 0.25) is 0 Å². The van der Waals surface area contributed by atoms with Gasteiger partial charge in [0.2, 0.25) is 0 Å². The van der Waals surface area contributed by atoms with Crippen LogP contribution in [0.25, 0.3) is 22.3 Å². The lowest BCUT2D eigenvalue weighted by molar-refractivity contribution is -0.0383. The van der Waals surface area contributed by atoms with Crippen LogP contribution in [0.1, 0.15) is 56.7 Å². The highest BCUT2D eigenvalue weighted by molar-refractivity contribution is 5.94. The van der Waals surface area contributed by atoms with E-state index in [9.17, 15) is 0 Å². The quantitative estimate of drug-likeness (QED) is 0.628. The minimum atomic E-state index is -0.0267. The van der Waals surface area contributed by atoms with Gasteiger partial charge in [-0.1, -0.05) is 0 Å². The lowest BCUT2D eigenvalue weighted by Crippen LogP contribution is -2.44. The summed E-state index contributed by atoms with van der Waals surface area (Å²) in [6.07, 6.45) is 9.51. The van der Waals surface area contributed by atoms with Crippen molar-refractivity contribution in [2.24, 2.45) is 0 Å². The molecule has 7 nitrogen and oxygen atoms in total. The smallest absolute Gasteiger partial charge is 0.150 e. The summed E-state index contributed by atoms with van der Waals surface area (Å²) in [5.41, 5.74) is 4.26. The first-order chi connectivity index (χ1) is 15.3. The number of nitrogens with zero attached hydrogens (tertiary/aromatic N) is 5. The fraction of sp³-hybridized carbons (Fsp3) is 0.542. The molecule has 162 valence electrons. The van der Waals surface area contributed by atoms with Gasteiger partial charge < -0.3 is 14.4 Å². The Labute approximate surface area is 182 Å². The van der Waals surface area contributed by atoms with Gasteiger partial charge in [-0.15, -0.1) is 0 Å². The Morgan fingerprint density at radius 3 is 2.81 bits per heavy atom. The van der Waals surface area contributed by atoms with E-state index in [2.05, 4.69) is 29.1 Å². The van der Waals surface area contributed by atoms with Gasteiger partial charge in [0, 0.05) is 30.9 Å². The number of fused-ring (bicyclic) bond motifs is 1. The lowest BCUT2D eigenvalue weighted by atomic mass is 10.0. The molecule has 0 radical (unpaired) electrons. The molecule has 7 heteroatoms. The van der Waals surface area contributed by atoms with Crippen LogP contribution in [-0.4, -0.2) is 52.2 Å². The minimum Gasteiger partial charge on any atom is -0.377 e. The molecule has 0 amide bonds.